The summed E-state index contributed by atoms with van der Waals surface area (Å²) in [6, 6.07) is 1.64. The average molecular weight is 240 g/mol. The Hall–Kier alpha value is -0.120. The van der Waals surface area contributed by atoms with Crippen molar-refractivity contribution in [3.8, 4) is 0 Å². The van der Waals surface area contributed by atoms with Crippen LogP contribution >= 0.6 is 0 Å². The maximum atomic E-state index is 10.1. The number of piperidine rings is 1. The summed E-state index contributed by atoms with van der Waals surface area (Å²) < 4.78 is 0. The Morgan fingerprint density at radius 3 is 2.65 bits per heavy atom. The van der Waals surface area contributed by atoms with E-state index in [1.807, 2.05) is 0 Å². The monoisotopic (exact) mass is 240 g/mol. The lowest BCUT2D eigenvalue weighted by atomic mass is 9.98. The van der Waals surface area contributed by atoms with Gasteiger partial charge in [-0.25, -0.2) is 0 Å². The summed E-state index contributed by atoms with van der Waals surface area (Å²) in [5.74, 6) is 0. The Morgan fingerprint density at radius 2 is 2.00 bits per heavy atom. The second-order valence-electron chi connectivity index (χ2n) is 6.02. The van der Waals surface area contributed by atoms with Gasteiger partial charge in [0.25, 0.3) is 0 Å². The van der Waals surface area contributed by atoms with Crippen LogP contribution in [0.25, 0.3) is 0 Å². The molecule has 0 aromatic rings. The number of aliphatic hydroxyl groups excluding tert-OH is 1. The average Bonchev–Trinajstić information content (AvgIpc) is 2.73. The summed E-state index contributed by atoms with van der Waals surface area (Å²) in [6.45, 7) is 6.68. The van der Waals surface area contributed by atoms with E-state index in [1.165, 1.54) is 38.6 Å². The molecule has 3 nitrogen and oxygen atoms in total. The van der Waals surface area contributed by atoms with Crippen LogP contribution in [0, 0.1) is 0 Å². The molecule has 100 valence electrons. The molecule has 2 aliphatic rings. The van der Waals surface area contributed by atoms with Crippen molar-refractivity contribution in [3.63, 3.8) is 0 Å². The number of rotatable bonds is 4. The molecular weight excluding hydrogens is 212 g/mol. The zero-order valence-electron chi connectivity index (χ0n) is 11.4. The number of aliphatic hydroxyl groups is 1. The fraction of sp³-hybridized carbons (Fsp3) is 1.00. The molecule has 0 radical (unpaired) electrons. The van der Waals surface area contributed by atoms with Gasteiger partial charge in [0.05, 0.1) is 6.10 Å². The molecule has 1 heterocycles. The van der Waals surface area contributed by atoms with Crippen molar-refractivity contribution >= 4 is 0 Å². The standard InChI is InChI=1S/C14H28N2O/c1-11(2)15-10-12-6-3-4-9-16(12)13-7-5-8-14(13)17/h11-15,17H,3-10H2,1-2H3. The quantitative estimate of drug-likeness (QED) is 0.786. The summed E-state index contributed by atoms with van der Waals surface area (Å²) in [5, 5.41) is 13.6. The third-order valence-electron chi connectivity index (χ3n) is 4.30. The highest BCUT2D eigenvalue weighted by Gasteiger charge is 2.35. The molecule has 3 atom stereocenters. The zero-order valence-corrected chi connectivity index (χ0v) is 11.4. The van der Waals surface area contributed by atoms with Gasteiger partial charge < -0.3 is 10.4 Å². The molecule has 2 rings (SSSR count). The van der Waals surface area contributed by atoms with E-state index in [2.05, 4.69) is 24.1 Å². The van der Waals surface area contributed by atoms with E-state index in [9.17, 15) is 5.11 Å². The Kier molecular flexibility index (Phi) is 4.83. The van der Waals surface area contributed by atoms with Crippen LogP contribution in [-0.2, 0) is 0 Å². The number of nitrogens with zero attached hydrogens (tertiary/aromatic N) is 1. The first kappa shape index (κ1) is 13.3. The highest BCUT2D eigenvalue weighted by molar-refractivity contribution is 4.91. The molecule has 0 spiro atoms. The Balaban J connectivity index is 1.91. The van der Waals surface area contributed by atoms with Gasteiger partial charge in [0.1, 0.15) is 0 Å². The molecule has 1 aliphatic carbocycles. The highest BCUT2D eigenvalue weighted by atomic mass is 16.3. The van der Waals surface area contributed by atoms with Gasteiger partial charge in [0, 0.05) is 24.7 Å². The van der Waals surface area contributed by atoms with Crippen molar-refractivity contribution in [2.45, 2.75) is 76.6 Å². The Bertz CT molecular complexity index is 232. The summed E-state index contributed by atoms with van der Waals surface area (Å²) >= 11 is 0. The van der Waals surface area contributed by atoms with E-state index in [-0.39, 0.29) is 6.10 Å². The molecule has 0 aromatic carbocycles. The minimum atomic E-state index is -0.0744. The lowest BCUT2D eigenvalue weighted by Crippen LogP contribution is -2.53. The molecule has 0 aromatic heterocycles. The number of hydrogen-bond acceptors (Lipinski definition) is 3. The first-order valence-corrected chi connectivity index (χ1v) is 7.35. The predicted molar refractivity (Wildman–Crippen MR) is 71.1 cm³/mol. The van der Waals surface area contributed by atoms with E-state index in [0.717, 1.165) is 13.0 Å². The van der Waals surface area contributed by atoms with Crippen LogP contribution < -0.4 is 5.32 Å². The van der Waals surface area contributed by atoms with Gasteiger partial charge in [-0.05, 0) is 38.6 Å². The van der Waals surface area contributed by atoms with Gasteiger partial charge in [0.15, 0.2) is 0 Å². The van der Waals surface area contributed by atoms with Gasteiger partial charge in [-0.3, -0.25) is 4.90 Å². The molecule has 0 amide bonds. The van der Waals surface area contributed by atoms with Gasteiger partial charge in [-0.2, -0.15) is 0 Å². The van der Waals surface area contributed by atoms with Gasteiger partial charge in [0.2, 0.25) is 0 Å². The Morgan fingerprint density at radius 1 is 1.18 bits per heavy atom. The van der Waals surface area contributed by atoms with Gasteiger partial charge >= 0.3 is 0 Å². The summed E-state index contributed by atoms with van der Waals surface area (Å²) in [7, 11) is 0. The van der Waals surface area contributed by atoms with Crippen molar-refractivity contribution in [2.24, 2.45) is 0 Å². The summed E-state index contributed by atoms with van der Waals surface area (Å²) in [6.07, 6.45) is 7.28. The maximum Gasteiger partial charge on any atom is 0.0695 e. The molecule has 3 heteroatoms. The third-order valence-corrected chi connectivity index (χ3v) is 4.30. The van der Waals surface area contributed by atoms with E-state index in [1.54, 1.807) is 0 Å². The molecular formula is C14H28N2O. The third kappa shape index (κ3) is 3.43. The number of likely N-dealkylation sites (tertiary alicyclic amines) is 1. The van der Waals surface area contributed by atoms with Crippen LogP contribution in [0.4, 0.5) is 0 Å². The number of nitrogens with one attached hydrogen (secondary N) is 1. The van der Waals surface area contributed by atoms with Crippen molar-refractivity contribution in [3.05, 3.63) is 0 Å². The van der Waals surface area contributed by atoms with E-state index < -0.39 is 0 Å². The van der Waals surface area contributed by atoms with Gasteiger partial charge in [-0.1, -0.05) is 20.3 Å². The first-order chi connectivity index (χ1) is 8.18. The fourth-order valence-electron chi connectivity index (χ4n) is 3.36. The molecule has 1 aliphatic heterocycles. The molecule has 17 heavy (non-hydrogen) atoms. The molecule has 2 fully saturated rings. The molecule has 3 unspecified atom stereocenters. The molecule has 1 saturated carbocycles. The lowest BCUT2D eigenvalue weighted by Gasteiger charge is -2.41. The predicted octanol–water partition coefficient (Wildman–Crippen LogP) is 1.75. The molecule has 1 saturated heterocycles. The van der Waals surface area contributed by atoms with Crippen molar-refractivity contribution in [2.75, 3.05) is 13.1 Å². The Labute approximate surface area is 106 Å². The SMILES string of the molecule is CC(C)NCC1CCCCN1C1CCCC1O. The first-order valence-electron chi connectivity index (χ1n) is 7.35. The zero-order chi connectivity index (χ0) is 12.3. The van der Waals surface area contributed by atoms with E-state index >= 15 is 0 Å². The second-order valence-corrected chi connectivity index (χ2v) is 6.02. The summed E-state index contributed by atoms with van der Waals surface area (Å²) in [4.78, 5) is 2.59. The van der Waals surface area contributed by atoms with Crippen LogP contribution in [0.3, 0.4) is 0 Å². The second kappa shape index (κ2) is 6.17. The minimum Gasteiger partial charge on any atom is -0.391 e. The normalized spacial score (nSPS) is 35.6. The van der Waals surface area contributed by atoms with Crippen LogP contribution in [0.2, 0.25) is 0 Å². The smallest absolute Gasteiger partial charge is 0.0695 e. The van der Waals surface area contributed by atoms with E-state index in [4.69, 9.17) is 0 Å². The highest BCUT2D eigenvalue weighted by Crippen LogP contribution is 2.29. The molecule has 0 bridgehead atoms. The van der Waals surface area contributed by atoms with Gasteiger partial charge in [-0.15, -0.1) is 0 Å². The topological polar surface area (TPSA) is 35.5 Å². The lowest BCUT2D eigenvalue weighted by molar-refractivity contribution is 0.0245. The van der Waals surface area contributed by atoms with E-state index in [0.29, 0.717) is 18.1 Å². The minimum absolute atomic E-state index is 0.0744. The number of hydrogen-bond donors (Lipinski definition) is 2. The van der Waals surface area contributed by atoms with Crippen molar-refractivity contribution in [1.82, 2.24) is 10.2 Å². The van der Waals surface area contributed by atoms with Crippen LogP contribution in [0.5, 0.6) is 0 Å². The molecule has 2 N–H and O–H groups in total. The van der Waals surface area contributed by atoms with Crippen molar-refractivity contribution in [1.29, 1.82) is 0 Å². The van der Waals surface area contributed by atoms with Crippen LogP contribution in [-0.4, -0.2) is 47.3 Å². The largest absolute Gasteiger partial charge is 0.391 e. The van der Waals surface area contributed by atoms with Crippen LogP contribution in [0.1, 0.15) is 52.4 Å². The van der Waals surface area contributed by atoms with Crippen molar-refractivity contribution < 1.29 is 5.11 Å². The van der Waals surface area contributed by atoms with Crippen LogP contribution in [0.15, 0.2) is 0 Å². The maximum absolute atomic E-state index is 10.1. The summed E-state index contributed by atoms with van der Waals surface area (Å²) in [5.41, 5.74) is 0. The fourth-order valence-corrected chi connectivity index (χ4v) is 3.36.